The molecule has 0 fully saturated rings. The van der Waals surface area contributed by atoms with Crippen molar-refractivity contribution in [3.63, 3.8) is 0 Å². The van der Waals surface area contributed by atoms with Gasteiger partial charge in [-0.25, -0.2) is 9.79 Å². The zero-order valence-electron chi connectivity index (χ0n) is 16.1. The van der Waals surface area contributed by atoms with Crippen LogP contribution < -0.4 is 10.6 Å². The van der Waals surface area contributed by atoms with E-state index in [-0.39, 0.29) is 11.9 Å². The molecule has 2 N–H and O–H groups in total. The summed E-state index contributed by atoms with van der Waals surface area (Å²) in [6.07, 6.45) is 3.34. The van der Waals surface area contributed by atoms with Crippen LogP contribution in [-0.2, 0) is 11.3 Å². The number of carbonyl (C=O) groups excluding carboxylic acids is 2. The summed E-state index contributed by atoms with van der Waals surface area (Å²) in [5, 5.41) is 6.25. The van der Waals surface area contributed by atoms with E-state index in [9.17, 15) is 9.59 Å². The van der Waals surface area contributed by atoms with Crippen molar-refractivity contribution in [2.24, 2.45) is 4.99 Å². The number of ether oxygens (including phenoxy) is 1. The normalized spacial score (nSPS) is 10.9. The van der Waals surface area contributed by atoms with Gasteiger partial charge in [0.25, 0.3) is 5.91 Å². The first-order chi connectivity index (χ1) is 14.5. The minimum atomic E-state index is -0.461. The van der Waals surface area contributed by atoms with Crippen molar-refractivity contribution in [1.82, 2.24) is 10.3 Å². The molecule has 0 aliphatic heterocycles. The number of aromatic nitrogens is 1. The number of anilines is 1. The van der Waals surface area contributed by atoms with Gasteiger partial charge in [-0.2, -0.15) is 0 Å². The lowest BCUT2D eigenvalue weighted by molar-refractivity contribution is 0.0600. The Morgan fingerprint density at radius 2 is 1.77 bits per heavy atom. The van der Waals surface area contributed by atoms with Crippen LogP contribution >= 0.6 is 11.6 Å². The van der Waals surface area contributed by atoms with Crippen molar-refractivity contribution in [3.05, 3.63) is 94.8 Å². The van der Waals surface area contributed by atoms with Gasteiger partial charge in [0.15, 0.2) is 0 Å². The third-order valence-electron chi connectivity index (χ3n) is 4.03. The smallest absolute Gasteiger partial charge is 0.337 e. The van der Waals surface area contributed by atoms with Crippen molar-refractivity contribution in [2.75, 3.05) is 12.4 Å². The lowest BCUT2D eigenvalue weighted by Crippen LogP contribution is -2.36. The number of carbonyl (C=O) groups is 2. The Hall–Kier alpha value is -3.71. The molecule has 0 aliphatic carbocycles. The Kier molecular flexibility index (Phi) is 7.13. The van der Waals surface area contributed by atoms with Gasteiger partial charge in [-0.3, -0.25) is 15.1 Å². The predicted molar refractivity (Wildman–Crippen MR) is 116 cm³/mol. The van der Waals surface area contributed by atoms with Crippen molar-refractivity contribution in [1.29, 1.82) is 0 Å². The van der Waals surface area contributed by atoms with E-state index in [1.165, 1.54) is 7.11 Å². The molecule has 30 heavy (non-hydrogen) atoms. The molecule has 0 atom stereocenters. The number of halogens is 1. The van der Waals surface area contributed by atoms with Crippen molar-refractivity contribution in [2.45, 2.75) is 6.54 Å². The first-order valence-electron chi connectivity index (χ1n) is 9.01. The van der Waals surface area contributed by atoms with Crippen LogP contribution in [0.4, 0.5) is 5.69 Å². The summed E-state index contributed by atoms with van der Waals surface area (Å²) in [5.41, 5.74) is 2.25. The van der Waals surface area contributed by atoms with Crippen LogP contribution in [0.15, 0.2) is 78.0 Å². The standard InChI is InChI=1S/C22H19ClN4O3/c1-30-21(29)17-5-3-7-19(13-17)26-22(25-14-15-8-10-24-11-9-15)27-20(28)16-4-2-6-18(23)12-16/h2-13H,14H2,1H3,(H2,25,26,27,28). The van der Waals surface area contributed by atoms with E-state index in [4.69, 9.17) is 16.3 Å². The predicted octanol–water partition coefficient (Wildman–Crippen LogP) is 3.92. The summed E-state index contributed by atoms with van der Waals surface area (Å²) in [4.78, 5) is 32.9. The third kappa shape index (κ3) is 5.89. The molecular weight excluding hydrogens is 404 g/mol. The van der Waals surface area contributed by atoms with Gasteiger partial charge in [0.1, 0.15) is 0 Å². The van der Waals surface area contributed by atoms with E-state index in [2.05, 4.69) is 20.6 Å². The van der Waals surface area contributed by atoms with Gasteiger partial charge in [-0.05, 0) is 54.1 Å². The summed E-state index contributed by atoms with van der Waals surface area (Å²) >= 11 is 5.98. The molecule has 3 aromatic rings. The molecule has 7 nitrogen and oxygen atoms in total. The van der Waals surface area contributed by atoms with E-state index in [1.54, 1.807) is 60.9 Å². The maximum absolute atomic E-state index is 12.7. The second-order valence-corrected chi connectivity index (χ2v) is 6.62. The number of methoxy groups -OCH3 is 1. The van der Waals surface area contributed by atoms with Gasteiger partial charge in [0.05, 0.1) is 19.2 Å². The van der Waals surface area contributed by atoms with Crippen molar-refractivity contribution in [3.8, 4) is 0 Å². The number of aliphatic imine (C=N–C) groups is 1. The number of hydrogen-bond donors (Lipinski definition) is 2. The molecule has 0 aliphatic rings. The molecule has 0 spiro atoms. The fourth-order valence-electron chi connectivity index (χ4n) is 2.56. The first kappa shape index (κ1) is 21.0. The highest BCUT2D eigenvalue weighted by Gasteiger charge is 2.11. The molecule has 0 saturated carbocycles. The van der Waals surface area contributed by atoms with Gasteiger partial charge in [-0.15, -0.1) is 0 Å². The number of pyridine rings is 1. The molecular formula is C22H19ClN4O3. The highest BCUT2D eigenvalue weighted by molar-refractivity contribution is 6.31. The Balaban J connectivity index is 1.83. The Morgan fingerprint density at radius 3 is 2.50 bits per heavy atom. The number of amides is 1. The van der Waals surface area contributed by atoms with Crippen LogP contribution in [0, 0.1) is 0 Å². The zero-order valence-corrected chi connectivity index (χ0v) is 16.9. The maximum atomic E-state index is 12.7. The summed E-state index contributed by atoms with van der Waals surface area (Å²) in [6, 6.07) is 17.0. The van der Waals surface area contributed by atoms with Crippen LogP contribution in [-0.4, -0.2) is 29.9 Å². The number of nitrogens with zero attached hydrogens (tertiary/aromatic N) is 2. The molecule has 0 unspecified atom stereocenters. The first-order valence-corrected chi connectivity index (χ1v) is 9.38. The molecule has 8 heteroatoms. The highest BCUT2D eigenvalue weighted by atomic mass is 35.5. The van der Waals surface area contributed by atoms with Crippen molar-refractivity contribution >= 4 is 35.1 Å². The molecule has 2 aromatic carbocycles. The average Bonchev–Trinajstić information content (AvgIpc) is 2.77. The van der Waals surface area contributed by atoms with Gasteiger partial charge in [0.2, 0.25) is 5.96 Å². The SMILES string of the molecule is COC(=O)c1cccc(NC(=NCc2ccncc2)NC(=O)c2cccc(Cl)c2)c1. The van der Waals surface area contributed by atoms with Crippen LogP contribution in [0.1, 0.15) is 26.3 Å². The Bertz CT molecular complexity index is 1070. The second-order valence-electron chi connectivity index (χ2n) is 6.18. The van der Waals surface area contributed by atoms with Gasteiger partial charge >= 0.3 is 5.97 Å². The quantitative estimate of drug-likeness (QED) is 0.369. The Labute approximate surface area is 178 Å². The summed E-state index contributed by atoms with van der Waals surface area (Å²) < 4.78 is 4.75. The molecule has 1 aromatic heterocycles. The highest BCUT2D eigenvalue weighted by Crippen LogP contribution is 2.13. The van der Waals surface area contributed by atoms with Crippen LogP contribution in [0.3, 0.4) is 0 Å². The van der Waals surface area contributed by atoms with Crippen LogP contribution in [0.5, 0.6) is 0 Å². The van der Waals surface area contributed by atoms with E-state index in [0.717, 1.165) is 5.56 Å². The van der Waals surface area contributed by atoms with E-state index < -0.39 is 5.97 Å². The number of rotatable bonds is 5. The van der Waals surface area contributed by atoms with Crippen LogP contribution in [0.2, 0.25) is 5.02 Å². The summed E-state index contributed by atoms with van der Waals surface area (Å²) in [7, 11) is 1.31. The van der Waals surface area contributed by atoms with Crippen LogP contribution in [0.25, 0.3) is 0 Å². The molecule has 152 valence electrons. The topological polar surface area (TPSA) is 92.7 Å². The van der Waals surface area contributed by atoms with E-state index >= 15 is 0 Å². The van der Waals surface area contributed by atoms with Crippen molar-refractivity contribution < 1.29 is 14.3 Å². The fourth-order valence-corrected chi connectivity index (χ4v) is 2.75. The Morgan fingerprint density at radius 1 is 1.03 bits per heavy atom. The van der Waals surface area contributed by atoms with Gasteiger partial charge in [-0.1, -0.05) is 23.7 Å². The molecule has 0 bridgehead atoms. The average molecular weight is 423 g/mol. The number of nitrogens with one attached hydrogen (secondary N) is 2. The number of guanidine groups is 1. The number of hydrogen-bond acceptors (Lipinski definition) is 5. The third-order valence-corrected chi connectivity index (χ3v) is 4.27. The van der Waals surface area contributed by atoms with Gasteiger partial charge in [0, 0.05) is 28.7 Å². The van der Waals surface area contributed by atoms with E-state index in [0.29, 0.717) is 28.4 Å². The zero-order chi connectivity index (χ0) is 21.3. The largest absolute Gasteiger partial charge is 0.465 e. The molecule has 0 saturated heterocycles. The summed E-state index contributed by atoms with van der Waals surface area (Å²) in [6.45, 7) is 0.317. The molecule has 1 amide bonds. The lowest BCUT2D eigenvalue weighted by atomic mass is 10.2. The van der Waals surface area contributed by atoms with Gasteiger partial charge < -0.3 is 10.1 Å². The minimum Gasteiger partial charge on any atom is -0.465 e. The monoisotopic (exact) mass is 422 g/mol. The molecule has 0 radical (unpaired) electrons. The number of esters is 1. The van der Waals surface area contributed by atoms with E-state index in [1.807, 2.05) is 12.1 Å². The fraction of sp³-hybridized carbons (Fsp3) is 0.0909. The minimum absolute atomic E-state index is 0.221. The molecule has 1 heterocycles. The maximum Gasteiger partial charge on any atom is 0.337 e. The number of benzene rings is 2. The summed E-state index contributed by atoms with van der Waals surface area (Å²) in [5.74, 6) is -0.613. The second kappa shape index (κ2) is 10.2. The lowest BCUT2D eigenvalue weighted by Gasteiger charge is -2.13. The molecule has 3 rings (SSSR count).